The maximum Gasteiger partial charge on any atom is 0.127 e. The predicted octanol–water partition coefficient (Wildman–Crippen LogP) is 3.34. The van der Waals surface area contributed by atoms with Crippen LogP contribution >= 0.6 is 0 Å². The van der Waals surface area contributed by atoms with Crippen LogP contribution in [0.15, 0.2) is 18.2 Å². The summed E-state index contributed by atoms with van der Waals surface area (Å²) >= 11 is 0. The quantitative estimate of drug-likeness (QED) is 0.888. The summed E-state index contributed by atoms with van der Waals surface area (Å²) in [5.41, 5.74) is 0.949. The molecule has 100 valence electrons. The van der Waals surface area contributed by atoms with E-state index in [0.717, 1.165) is 30.8 Å². The zero-order chi connectivity index (χ0) is 13.0. The number of nitrogens with zero attached hydrogens (tertiary/aromatic N) is 1. The molecular weight excluding hydrogens is 226 g/mol. The van der Waals surface area contributed by atoms with Crippen LogP contribution in [0.5, 0.6) is 11.5 Å². The van der Waals surface area contributed by atoms with Gasteiger partial charge in [0, 0.05) is 6.04 Å². The van der Waals surface area contributed by atoms with E-state index < -0.39 is 0 Å². The summed E-state index contributed by atoms with van der Waals surface area (Å²) in [5, 5.41) is 10.1. The van der Waals surface area contributed by atoms with Gasteiger partial charge in [0.1, 0.15) is 11.5 Å². The maximum absolute atomic E-state index is 10.1. The predicted molar refractivity (Wildman–Crippen MR) is 73.1 cm³/mol. The molecule has 1 saturated heterocycles. The second-order valence-corrected chi connectivity index (χ2v) is 4.91. The Labute approximate surface area is 109 Å². The Bertz CT molecular complexity index is 386. The fourth-order valence-corrected chi connectivity index (χ4v) is 2.92. The van der Waals surface area contributed by atoms with Crippen molar-refractivity contribution in [1.82, 2.24) is 4.90 Å². The lowest BCUT2D eigenvalue weighted by molar-refractivity contribution is 0.154. The Morgan fingerprint density at radius 3 is 2.61 bits per heavy atom. The average molecular weight is 249 g/mol. The highest BCUT2D eigenvalue weighted by molar-refractivity contribution is 5.46. The van der Waals surface area contributed by atoms with Gasteiger partial charge in [0.05, 0.1) is 12.7 Å². The highest BCUT2D eigenvalue weighted by atomic mass is 16.5. The second kappa shape index (κ2) is 6.10. The summed E-state index contributed by atoms with van der Waals surface area (Å²) in [7, 11) is 1.67. The van der Waals surface area contributed by atoms with Crippen molar-refractivity contribution in [2.24, 2.45) is 0 Å². The number of methoxy groups -OCH3 is 1. The Morgan fingerprint density at radius 1 is 1.28 bits per heavy atom. The van der Waals surface area contributed by atoms with Crippen LogP contribution in [0.4, 0.5) is 0 Å². The molecule has 0 bridgehead atoms. The molecule has 0 spiro atoms. The molecular formula is C15H23NO2. The van der Waals surface area contributed by atoms with Crippen molar-refractivity contribution < 1.29 is 9.84 Å². The first-order valence-corrected chi connectivity index (χ1v) is 6.87. The molecule has 1 aliphatic heterocycles. The van der Waals surface area contributed by atoms with Crippen molar-refractivity contribution in [2.75, 3.05) is 20.2 Å². The smallest absolute Gasteiger partial charge is 0.127 e. The number of rotatable bonds is 4. The molecule has 1 fully saturated rings. The first kappa shape index (κ1) is 13.2. The molecule has 1 aromatic carbocycles. The number of ether oxygens (including phenoxy) is 1. The van der Waals surface area contributed by atoms with E-state index in [1.165, 1.54) is 19.3 Å². The maximum atomic E-state index is 10.1. The topological polar surface area (TPSA) is 32.7 Å². The first-order valence-electron chi connectivity index (χ1n) is 6.87. The molecule has 2 rings (SSSR count). The van der Waals surface area contributed by atoms with Gasteiger partial charge in [-0.05, 0) is 44.5 Å². The van der Waals surface area contributed by atoms with E-state index in [1.54, 1.807) is 13.2 Å². The van der Waals surface area contributed by atoms with E-state index in [2.05, 4.69) is 11.8 Å². The number of hydrogen-bond acceptors (Lipinski definition) is 3. The third kappa shape index (κ3) is 2.61. The number of phenolic OH excluding ortho intramolecular Hbond substituents is 1. The lowest BCUT2D eigenvalue weighted by atomic mass is 9.98. The van der Waals surface area contributed by atoms with Gasteiger partial charge < -0.3 is 9.84 Å². The number of phenols is 1. The fraction of sp³-hybridized carbons (Fsp3) is 0.600. The minimum absolute atomic E-state index is 0.265. The summed E-state index contributed by atoms with van der Waals surface area (Å²) in [6.45, 7) is 4.41. The number of hydrogen-bond donors (Lipinski definition) is 1. The van der Waals surface area contributed by atoms with Crippen LogP contribution in [0, 0.1) is 0 Å². The van der Waals surface area contributed by atoms with E-state index in [0.29, 0.717) is 5.75 Å². The molecule has 18 heavy (non-hydrogen) atoms. The zero-order valence-corrected chi connectivity index (χ0v) is 11.4. The number of likely N-dealkylation sites (tertiary alicyclic amines) is 1. The molecule has 3 nitrogen and oxygen atoms in total. The van der Waals surface area contributed by atoms with Crippen LogP contribution in [-0.4, -0.2) is 30.2 Å². The number of aromatic hydroxyl groups is 1. The molecule has 1 unspecified atom stereocenters. The van der Waals surface area contributed by atoms with Crippen LogP contribution in [-0.2, 0) is 0 Å². The zero-order valence-electron chi connectivity index (χ0n) is 11.4. The molecule has 1 N–H and O–H groups in total. The molecule has 1 atom stereocenters. The molecule has 0 saturated carbocycles. The molecule has 0 aromatic heterocycles. The van der Waals surface area contributed by atoms with Crippen molar-refractivity contribution in [1.29, 1.82) is 0 Å². The van der Waals surface area contributed by atoms with Crippen LogP contribution in [0.2, 0.25) is 0 Å². The molecule has 0 radical (unpaired) electrons. The summed E-state index contributed by atoms with van der Waals surface area (Å²) in [6.07, 6.45) is 4.83. The standard InChI is InChI=1S/C15H23NO2/c1-3-12(16-10-5-4-6-11-16)15-13(17)8-7-9-14(15)18-2/h7-9,12,17H,3-6,10-11H2,1-2H3. The molecule has 3 heteroatoms. The number of piperidine rings is 1. The van der Waals surface area contributed by atoms with Gasteiger partial charge in [-0.3, -0.25) is 4.90 Å². The normalized spacial score (nSPS) is 18.6. The summed E-state index contributed by atoms with van der Waals surface area (Å²) < 4.78 is 5.41. The van der Waals surface area contributed by atoms with E-state index >= 15 is 0 Å². The lowest BCUT2D eigenvalue weighted by Gasteiger charge is -2.35. The lowest BCUT2D eigenvalue weighted by Crippen LogP contribution is -2.33. The molecule has 1 heterocycles. The van der Waals surface area contributed by atoms with Crippen LogP contribution in [0.1, 0.15) is 44.2 Å². The van der Waals surface area contributed by atoms with Gasteiger partial charge in [0.15, 0.2) is 0 Å². The minimum atomic E-state index is 0.265. The fourth-order valence-electron chi connectivity index (χ4n) is 2.92. The highest BCUT2D eigenvalue weighted by Crippen LogP contribution is 2.39. The van der Waals surface area contributed by atoms with Gasteiger partial charge in [0.25, 0.3) is 0 Å². The van der Waals surface area contributed by atoms with Gasteiger partial charge in [-0.15, -0.1) is 0 Å². The van der Waals surface area contributed by atoms with Crippen molar-refractivity contribution in [2.45, 2.75) is 38.6 Å². The summed E-state index contributed by atoms with van der Waals surface area (Å²) in [5.74, 6) is 1.15. The van der Waals surface area contributed by atoms with E-state index in [1.807, 2.05) is 12.1 Å². The van der Waals surface area contributed by atoms with Gasteiger partial charge in [0.2, 0.25) is 0 Å². The Morgan fingerprint density at radius 2 is 2.00 bits per heavy atom. The average Bonchev–Trinajstić information content (AvgIpc) is 2.42. The summed E-state index contributed by atoms with van der Waals surface area (Å²) in [6, 6.07) is 5.79. The van der Waals surface area contributed by atoms with Gasteiger partial charge >= 0.3 is 0 Å². The Kier molecular flexibility index (Phi) is 4.48. The molecule has 0 aliphatic carbocycles. The first-order chi connectivity index (χ1) is 8.77. The van der Waals surface area contributed by atoms with Crippen molar-refractivity contribution in [3.05, 3.63) is 23.8 Å². The SMILES string of the molecule is CCC(c1c(O)cccc1OC)N1CCCCC1. The second-order valence-electron chi connectivity index (χ2n) is 4.91. The highest BCUT2D eigenvalue weighted by Gasteiger charge is 2.25. The van der Waals surface area contributed by atoms with Crippen LogP contribution < -0.4 is 4.74 Å². The largest absolute Gasteiger partial charge is 0.507 e. The van der Waals surface area contributed by atoms with Crippen LogP contribution in [0.25, 0.3) is 0 Å². The monoisotopic (exact) mass is 249 g/mol. The molecule has 0 amide bonds. The summed E-state index contributed by atoms with van der Waals surface area (Å²) in [4.78, 5) is 2.47. The number of benzene rings is 1. The van der Waals surface area contributed by atoms with Crippen LogP contribution in [0.3, 0.4) is 0 Å². The van der Waals surface area contributed by atoms with Gasteiger partial charge in [-0.1, -0.05) is 19.4 Å². The van der Waals surface area contributed by atoms with Crippen molar-refractivity contribution in [3.63, 3.8) is 0 Å². The Hall–Kier alpha value is -1.22. The van der Waals surface area contributed by atoms with E-state index in [4.69, 9.17) is 4.74 Å². The molecule has 1 aromatic rings. The van der Waals surface area contributed by atoms with E-state index in [9.17, 15) is 5.11 Å². The molecule has 1 aliphatic rings. The van der Waals surface area contributed by atoms with Gasteiger partial charge in [-0.25, -0.2) is 0 Å². The van der Waals surface area contributed by atoms with Crippen molar-refractivity contribution in [3.8, 4) is 11.5 Å². The van der Waals surface area contributed by atoms with Crippen molar-refractivity contribution >= 4 is 0 Å². The van der Waals surface area contributed by atoms with E-state index in [-0.39, 0.29) is 6.04 Å². The Balaban J connectivity index is 2.31. The third-order valence-electron chi connectivity index (χ3n) is 3.81. The minimum Gasteiger partial charge on any atom is -0.507 e. The van der Waals surface area contributed by atoms with Gasteiger partial charge in [-0.2, -0.15) is 0 Å². The third-order valence-corrected chi connectivity index (χ3v) is 3.81.